The Morgan fingerprint density at radius 3 is 2.61 bits per heavy atom. The monoisotopic (exact) mass is 414 g/mol. The molecule has 0 aliphatic rings. The van der Waals surface area contributed by atoms with Gasteiger partial charge >= 0.3 is 0 Å². The van der Waals surface area contributed by atoms with Gasteiger partial charge in [-0.15, -0.1) is 0 Å². The summed E-state index contributed by atoms with van der Waals surface area (Å²) in [4.78, 5) is 21.8. The Hall–Kier alpha value is -2.44. The quantitative estimate of drug-likeness (QED) is 0.587. The Morgan fingerprint density at radius 1 is 1.21 bits per heavy atom. The summed E-state index contributed by atoms with van der Waals surface area (Å²) in [6.07, 6.45) is 0.915. The Kier molecular flexibility index (Phi) is 6.31. The molecule has 0 unspecified atom stereocenters. The van der Waals surface area contributed by atoms with Crippen LogP contribution in [0.1, 0.15) is 30.3 Å². The fourth-order valence-corrected chi connectivity index (χ4v) is 3.63. The molecule has 28 heavy (non-hydrogen) atoms. The van der Waals surface area contributed by atoms with Gasteiger partial charge in [0, 0.05) is 17.3 Å². The highest BCUT2D eigenvalue weighted by Gasteiger charge is 2.13. The smallest absolute Gasteiger partial charge is 0.258 e. The van der Waals surface area contributed by atoms with Crippen LogP contribution < -0.4 is 10.9 Å². The summed E-state index contributed by atoms with van der Waals surface area (Å²) in [6, 6.07) is 11.3. The number of aromatic amines is 1. The van der Waals surface area contributed by atoms with Gasteiger partial charge in [-0.1, -0.05) is 24.6 Å². The second-order valence-electron chi connectivity index (χ2n) is 6.90. The number of halogens is 1. The summed E-state index contributed by atoms with van der Waals surface area (Å²) in [7, 11) is 0. The first-order valence-corrected chi connectivity index (χ1v) is 9.97. The second-order valence-corrected chi connectivity index (χ2v) is 7.73. The van der Waals surface area contributed by atoms with E-state index in [0.717, 1.165) is 18.7 Å². The van der Waals surface area contributed by atoms with Gasteiger partial charge in [-0.2, -0.15) is 0 Å². The molecule has 0 bridgehead atoms. The molecule has 3 rings (SSSR count). The molecule has 1 aromatic heterocycles. The number of hydrogen-bond acceptors (Lipinski definition) is 3. The van der Waals surface area contributed by atoms with Crippen LogP contribution in [-0.2, 0) is 6.54 Å². The molecule has 146 valence electrons. The molecule has 0 atom stereocenters. The minimum Gasteiger partial charge on any atom is -0.342 e. The maximum atomic E-state index is 12.4. The van der Waals surface area contributed by atoms with Gasteiger partial charge in [0.05, 0.1) is 17.4 Å². The van der Waals surface area contributed by atoms with Crippen LogP contribution in [0.15, 0.2) is 41.2 Å². The number of thiocarbonyl (C=S) groups is 1. The van der Waals surface area contributed by atoms with E-state index in [4.69, 9.17) is 23.8 Å². The average Bonchev–Trinajstić information content (AvgIpc) is 2.60. The van der Waals surface area contributed by atoms with E-state index in [1.807, 2.05) is 4.90 Å². The lowest BCUT2D eigenvalue weighted by atomic mass is 10.1. The second kappa shape index (κ2) is 8.71. The zero-order chi connectivity index (χ0) is 20.3. The molecule has 2 aromatic carbocycles. The fourth-order valence-electron chi connectivity index (χ4n) is 3.19. The van der Waals surface area contributed by atoms with Crippen LogP contribution in [0, 0.1) is 13.8 Å². The summed E-state index contributed by atoms with van der Waals surface area (Å²) in [5, 5.41) is 4.97. The average molecular weight is 415 g/mol. The van der Waals surface area contributed by atoms with E-state index in [-0.39, 0.29) is 5.56 Å². The molecule has 2 N–H and O–H groups in total. The third-order valence-corrected chi connectivity index (χ3v) is 4.91. The van der Waals surface area contributed by atoms with Crippen LogP contribution in [-0.4, -0.2) is 26.5 Å². The number of benzene rings is 2. The lowest BCUT2D eigenvalue weighted by Gasteiger charge is -2.25. The van der Waals surface area contributed by atoms with Gasteiger partial charge in [0.1, 0.15) is 5.82 Å². The predicted octanol–water partition coefficient (Wildman–Crippen LogP) is 4.80. The minimum atomic E-state index is -0.179. The molecule has 5 nitrogen and oxygen atoms in total. The molecule has 0 saturated heterocycles. The van der Waals surface area contributed by atoms with Crippen molar-refractivity contribution in [1.82, 2.24) is 14.9 Å². The first-order valence-electron chi connectivity index (χ1n) is 9.18. The van der Waals surface area contributed by atoms with E-state index in [0.29, 0.717) is 33.4 Å². The zero-order valence-corrected chi connectivity index (χ0v) is 17.7. The summed E-state index contributed by atoms with van der Waals surface area (Å²) in [5.41, 5.74) is 3.70. The number of aromatic nitrogens is 2. The topological polar surface area (TPSA) is 61.0 Å². The van der Waals surface area contributed by atoms with Gasteiger partial charge in [0.15, 0.2) is 5.11 Å². The molecule has 0 fully saturated rings. The van der Waals surface area contributed by atoms with E-state index >= 15 is 0 Å². The Labute approximate surface area is 174 Å². The Bertz CT molecular complexity index is 1060. The van der Waals surface area contributed by atoms with E-state index in [1.54, 1.807) is 18.2 Å². The number of H-pyrrole nitrogens is 1. The van der Waals surface area contributed by atoms with E-state index < -0.39 is 0 Å². The van der Waals surface area contributed by atoms with E-state index in [1.165, 1.54) is 11.1 Å². The van der Waals surface area contributed by atoms with E-state index in [9.17, 15) is 4.79 Å². The number of nitrogens with zero attached hydrogens (tertiary/aromatic N) is 2. The third-order valence-electron chi connectivity index (χ3n) is 4.31. The Balaban J connectivity index is 1.85. The van der Waals surface area contributed by atoms with Crippen molar-refractivity contribution < 1.29 is 0 Å². The van der Waals surface area contributed by atoms with Crippen molar-refractivity contribution in [2.24, 2.45) is 0 Å². The van der Waals surface area contributed by atoms with Crippen molar-refractivity contribution in [1.29, 1.82) is 0 Å². The molecule has 0 radical (unpaired) electrons. The van der Waals surface area contributed by atoms with Crippen LogP contribution in [0.5, 0.6) is 0 Å². The molecule has 7 heteroatoms. The van der Waals surface area contributed by atoms with Gasteiger partial charge in [0.2, 0.25) is 0 Å². The maximum absolute atomic E-state index is 12.4. The van der Waals surface area contributed by atoms with E-state index in [2.05, 4.69) is 54.3 Å². The zero-order valence-electron chi connectivity index (χ0n) is 16.2. The molecular weight excluding hydrogens is 392 g/mol. The molecule has 0 aliphatic carbocycles. The number of rotatable bonds is 5. The van der Waals surface area contributed by atoms with Gasteiger partial charge in [-0.25, -0.2) is 4.98 Å². The van der Waals surface area contributed by atoms with Crippen LogP contribution >= 0.6 is 23.8 Å². The normalized spacial score (nSPS) is 10.9. The number of nitrogens with one attached hydrogen (secondary N) is 2. The molecule has 1 heterocycles. The molecule has 0 spiro atoms. The number of hydrogen-bond donors (Lipinski definition) is 2. The van der Waals surface area contributed by atoms with Gasteiger partial charge in [0.25, 0.3) is 5.56 Å². The third kappa shape index (κ3) is 4.88. The first-order chi connectivity index (χ1) is 13.4. The fraction of sp³-hybridized carbons (Fsp3) is 0.286. The SMILES string of the molecule is CCCN(Cc1nc2cc(Cl)ccc2c(=O)[nH]1)C(=S)Nc1cc(C)cc(C)c1. The van der Waals surface area contributed by atoms with Crippen molar-refractivity contribution in [3.63, 3.8) is 0 Å². The highest BCUT2D eigenvalue weighted by atomic mass is 35.5. The number of anilines is 1. The van der Waals surface area contributed by atoms with Crippen molar-refractivity contribution in [3.8, 4) is 0 Å². The largest absolute Gasteiger partial charge is 0.342 e. The van der Waals surface area contributed by atoms with Crippen LogP contribution in [0.4, 0.5) is 5.69 Å². The van der Waals surface area contributed by atoms with Crippen LogP contribution in [0.3, 0.4) is 0 Å². The van der Waals surface area contributed by atoms with Gasteiger partial charge in [-0.05, 0) is 73.9 Å². The summed E-state index contributed by atoms with van der Waals surface area (Å²) >= 11 is 11.7. The lowest BCUT2D eigenvalue weighted by molar-refractivity contribution is 0.406. The molecule has 0 saturated carbocycles. The summed E-state index contributed by atoms with van der Waals surface area (Å²) in [5.74, 6) is 0.554. The standard InChI is InChI=1S/C21H23ClN4OS/c1-4-7-26(21(28)23-16-9-13(2)8-14(3)10-16)12-19-24-18-11-15(22)5-6-17(18)20(27)25-19/h5-6,8-11H,4,7,12H2,1-3H3,(H,23,28)(H,24,25,27). The van der Waals surface area contributed by atoms with Crippen LogP contribution in [0.25, 0.3) is 10.9 Å². The predicted molar refractivity (Wildman–Crippen MR) is 120 cm³/mol. The van der Waals surface area contributed by atoms with Crippen molar-refractivity contribution in [2.75, 3.05) is 11.9 Å². The van der Waals surface area contributed by atoms with Gasteiger partial charge < -0.3 is 15.2 Å². The molecular formula is C21H23ClN4OS. The number of aryl methyl sites for hydroxylation is 2. The maximum Gasteiger partial charge on any atom is 0.258 e. The first kappa shape index (κ1) is 20.3. The molecule has 0 amide bonds. The van der Waals surface area contributed by atoms with Crippen molar-refractivity contribution in [2.45, 2.75) is 33.7 Å². The number of fused-ring (bicyclic) bond motifs is 1. The molecule has 0 aliphatic heterocycles. The van der Waals surface area contributed by atoms with Gasteiger partial charge in [-0.3, -0.25) is 4.79 Å². The van der Waals surface area contributed by atoms with Crippen molar-refractivity contribution in [3.05, 3.63) is 68.7 Å². The van der Waals surface area contributed by atoms with Crippen molar-refractivity contribution >= 4 is 45.5 Å². The van der Waals surface area contributed by atoms with Crippen LogP contribution in [0.2, 0.25) is 5.02 Å². The summed E-state index contributed by atoms with van der Waals surface area (Å²) < 4.78 is 0. The molecule has 3 aromatic rings. The summed E-state index contributed by atoms with van der Waals surface area (Å²) in [6.45, 7) is 7.35. The highest BCUT2D eigenvalue weighted by molar-refractivity contribution is 7.80. The lowest BCUT2D eigenvalue weighted by Crippen LogP contribution is -2.36. The Morgan fingerprint density at radius 2 is 1.93 bits per heavy atom. The highest BCUT2D eigenvalue weighted by Crippen LogP contribution is 2.17. The minimum absolute atomic E-state index is 0.179.